The molecule has 2 atom stereocenters. The van der Waals surface area contributed by atoms with E-state index in [9.17, 15) is 9.18 Å². The number of halogens is 2. The van der Waals surface area contributed by atoms with Crippen LogP contribution in [0.5, 0.6) is 0 Å². The van der Waals surface area contributed by atoms with E-state index in [-0.39, 0.29) is 17.0 Å². The van der Waals surface area contributed by atoms with Crippen molar-refractivity contribution < 1.29 is 13.9 Å². The minimum atomic E-state index is -0.532. The molecule has 2 unspecified atom stereocenters. The van der Waals surface area contributed by atoms with Gasteiger partial charge in [-0.1, -0.05) is 23.7 Å². The van der Waals surface area contributed by atoms with Crippen LogP contribution in [0.2, 0.25) is 5.02 Å². The predicted molar refractivity (Wildman–Crippen MR) is 71.9 cm³/mol. The number of amides is 1. The SMILES string of the molecule is CC(C)(C)OC(=O)NC1CC1c1cccc(Cl)c1F. The molecule has 0 heterocycles. The lowest BCUT2D eigenvalue weighted by atomic mass is 10.1. The lowest BCUT2D eigenvalue weighted by Gasteiger charge is -2.19. The summed E-state index contributed by atoms with van der Waals surface area (Å²) in [5.41, 5.74) is 0.0176. The summed E-state index contributed by atoms with van der Waals surface area (Å²) >= 11 is 5.74. The van der Waals surface area contributed by atoms with E-state index in [1.54, 1.807) is 32.9 Å². The molecule has 1 amide bonds. The van der Waals surface area contributed by atoms with Gasteiger partial charge in [0, 0.05) is 12.0 Å². The van der Waals surface area contributed by atoms with Crippen molar-refractivity contribution in [2.75, 3.05) is 0 Å². The third-order valence-corrected chi connectivity index (χ3v) is 3.17. The number of rotatable bonds is 2. The molecule has 3 nitrogen and oxygen atoms in total. The van der Waals surface area contributed by atoms with Gasteiger partial charge in [-0.3, -0.25) is 0 Å². The molecule has 5 heteroatoms. The smallest absolute Gasteiger partial charge is 0.407 e. The maximum atomic E-state index is 13.8. The topological polar surface area (TPSA) is 38.3 Å². The van der Waals surface area contributed by atoms with Crippen LogP contribution in [0.15, 0.2) is 18.2 Å². The molecule has 2 rings (SSSR count). The molecule has 104 valence electrons. The molecule has 1 aliphatic rings. The molecule has 0 aliphatic heterocycles. The average molecular weight is 286 g/mol. The molecule has 0 bridgehead atoms. The van der Waals surface area contributed by atoms with E-state index < -0.39 is 17.5 Å². The molecule has 1 fully saturated rings. The molecule has 1 N–H and O–H groups in total. The van der Waals surface area contributed by atoms with Gasteiger partial charge in [0.15, 0.2) is 0 Å². The molecule has 19 heavy (non-hydrogen) atoms. The van der Waals surface area contributed by atoms with Crippen molar-refractivity contribution in [3.8, 4) is 0 Å². The highest BCUT2D eigenvalue weighted by Crippen LogP contribution is 2.43. The van der Waals surface area contributed by atoms with E-state index in [4.69, 9.17) is 16.3 Å². The zero-order chi connectivity index (χ0) is 14.2. The Labute approximate surface area is 117 Å². The van der Waals surface area contributed by atoms with Crippen LogP contribution in [-0.2, 0) is 4.74 Å². The van der Waals surface area contributed by atoms with Gasteiger partial charge in [-0.2, -0.15) is 0 Å². The monoisotopic (exact) mass is 285 g/mol. The van der Waals surface area contributed by atoms with E-state index in [1.807, 2.05) is 0 Å². The van der Waals surface area contributed by atoms with Crippen molar-refractivity contribution in [3.63, 3.8) is 0 Å². The summed E-state index contributed by atoms with van der Waals surface area (Å²) in [6.45, 7) is 5.40. The summed E-state index contributed by atoms with van der Waals surface area (Å²) in [5, 5.41) is 2.85. The number of hydrogen-bond acceptors (Lipinski definition) is 2. The Balaban J connectivity index is 1.95. The first kappa shape index (κ1) is 14.1. The largest absolute Gasteiger partial charge is 0.444 e. The Morgan fingerprint density at radius 3 is 2.79 bits per heavy atom. The van der Waals surface area contributed by atoms with E-state index in [1.165, 1.54) is 6.07 Å². The van der Waals surface area contributed by atoms with Crippen LogP contribution < -0.4 is 5.32 Å². The molecule has 1 aromatic carbocycles. The molecule has 1 aromatic rings. The zero-order valence-corrected chi connectivity index (χ0v) is 11.9. The van der Waals surface area contributed by atoms with E-state index >= 15 is 0 Å². The number of carbonyl (C=O) groups excluding carboxylic acids is 1. The molecular formula is C14H17ClFNO2. The number of alkyl carbamates (subject to hydrolysis) is 1. The number of ether oxygens (including phenoxy) is 1. The average Bonchev–Trinajstić information content (AvgIpc) is 2.98. The van der Waals surface area contributed by atoms with Gasteiger partial charge in [0.25, 0.3) is 0 Å². The molecule has 0 saturated heterocycles. The summed E-state index contributed by atoms with van der Waals surface area (Å²) in [6, 6.07) is 4.84. The maximum Gasteiger partial charge on any atom is 0.407 e. The first-order valence-electron chi connectivity index (χ1n) is 6.21. The van der Waals surface area contributed by atoms with Crippen LogP contribution >= 0.6 is 11.6 Å². The number of carbonyl (C=O) groups is 1. The van der Waals surface area contributed by atoms with Crippen LogP contribution in [0.3, 0.4) is 0 Å². The van der Waals surface area contributed by atoms with Crippen molar-refractivity contribution >= 4 is 17.7 Å². The van der Waals surface area contributed by atoms with Crippen molar-refractivity contribution in [1.82, 2.24) is 5.32 Å². The molecule has 0 radical (unpaired) electrons. The molecular weight excluding hydrogens is 269 g/mol. The minimum absolute atomic E-state index is 0.0220. The second kappa shape index (κ2) is 5.00. The van der Waals surface area contributed by atoms with Gasteiger partial charge >= 0.3 is 6.09 Å². The second-order valence-corrected chi connectivity index (χ2v) is 6.15. The third-order valence-electron chi connectivity index (χ3n) is 2.87. The van der Waals surface area contributed by atoms with Crippen LogP contribution in [0, 0.1) is 5.82 Å². The van der Waals surface area contributed by atoms with Crippen LogP contribution in [0.1, 0.15) is 38.7 Å². The molecule has 1 aliphatic carbocycles. The van der Waals surface area contributed by atoms with Gasteiger partial charge in [0.1, 0.15) is 11.4 Å². The first-order valence-corrected chi connectivity index (χ1v) is 6.59. The Morgan fingerprint density at radius 1 is 1.47 bits per heavy atom. The fourth-order valence-electron chi connectivity index (χ4n) is 1.96. The summed E-state index contributed by atoms with van der Waals surface area (Å²) in [6.07, 6.45) is 0.235. The zero-order valence-electron chi connectivity index (χ0n) is 11.2. The molecule has 1 saturated carbocycles. The standard InChI is InChI=1S/C14H17ClFNO2/c1-14(2,3)19-13(18)17-11-7-9(11)8-5-4-6-10(15)12(8)16/h4-6,9,11H,7H2,1-3H3,(H,17,18). The van der Waals surface area contributed by atoms with E-state index in [0.29, 0.717) is 12.0 Å². The Bertz CT molecular complexity index is 499. The van der Waals surface area contributed by atoms with Crippen molar-refractivity contribution in [2.24, 2.45) is 0 Å². The highest BCUT2D eigenvalue weighted by molar-refractivity contribution is 6.30. The number of nitrogens with one attached hydrogen (secondary N) is 1. The van der Waals surface area contributed by atoms with Crippen molar-refractivity contribution in [3.05, 3.63) is 34.6 Å². The van der Waals surface area contributed by atoms with Crippen LogP contribution in [-0.4, -0.2) is 17.7 Å². The first-order chi connectivity index (χ1) is 8.78. The fraction of sp³-hybridized carbons (Fsp3) is 0.500. The lowest BCUT2D eigenvalue weighted by molar-refractivity contribution is 0.0522. The molecule has 0 spiro atoms. The maximum absolute atomic E-state index is 13.8. The fourth-order valence-corrected chi connectivity index (χ4v) is 2.15. The Kier molecular flexibility index (Phi) is 3.72. The highest BCUT2D eigenvalue weighted by Gasteiger charge is 2.42. The van der Waals surface area contributed by atoms with Gasteiger partial charge in [-0.05, 0) is 38.8 Å². The quantitative estimate of drug-likeness (QED) is 0.896. The van der Waals surface area contributed by atoms with Gasteiger partial charge in [-0.25, -0.2) is 9.18 Å². The van der Waals surface area contributed by atoms with Gasteiger partial charge in [-0.15, -0.1) is 0 Å². The minimum Gasteiger partial charge on any atom is -0.444 e. The predicted octanol–water partition coefficient (Wildman–Crippen LogP) is 3.86. The lowest BCUT2D eigenvalue weighted by Crippen LogP contribution is -2.34. The summed E-state index contributed by atoms with van der Waals surface area (Å²) in [7, 11) is 0. The van der Waals surface area contributed by atoms with Crippen molar-refractivity contribution in [1.29, 1.82) is 0 Å². The normalized spacial score (nSPS) is 21.9. The summed E-state index contributed by atoms with van der Waals surface area (Å²) in [4.78, 5) is 11.6. The van der Waals surface area contributed by atoms with Gasteiger partial charge < -0.3 is 10.1 Å². The number of benzene rings is 1. The van der Waals surface area contributed by atoms with Gasteiger partial charge in [0.05, 0.1) is 5.02 Å². The van der Waals surface area contributed by atoms with Crippen molar-refractivity contribution in [2.45, 2.75) is 44.8 Å². The van der Waals surface area contributed by atoms with E-state index in [2.05, 4.69) is 5.32 Å². The van der Waals surface area contributed by atoms with E-state index in [0.717, 1.165) is 0 Å². The highest BCUT2D eigenvalue weighted by atomic mass is 35.5. The van der Waals surface area contributed by atoms with Gasteiger partial charge in [0.2, 0.25) is 0 Å². The summed E-state index contributed by atoms with van der Waals surface area (Å²) in [5.74, 6) is -0.422. The third kappa shape index (κ3) is 3.60. The number of hydrogen-bond donors (Lipinski definition) is 1. The van der Waals surface area contributed by atoms with Crippen LogP contribution in [0.4, 0.5) is 9.18 Å². The molecule has 0 aromatic heterocycles. The Morgan fingerprint density at radius 2 is 2.16 bits per heavy atom. The summed E-state index contributed by atoms with van der Waals surface area (Å²) < 4.78 is 19.0. The Hall–Kier alpha value is -1.29. The second-order valence-electron chi connectivity index (χ2n) is 5.74. The van der Waals surface area contributed by atoms with Crippen LogP contribution in [0.25, 0.3) is 0 Å².